The number of amides is 3. The molecule has 0 bridgehead atoms. The van der Waals surface area contributed by atoms with Crippen LogP contribution in [0.2, 0.25) is 0 Å². The van der Waals surface area contributed by atoms with E-state index in [4.69, 9.17) is 4.74 Å². The maximum absolute atomic E-state index is 13.3. The lowest BCUT2D eigenvalue weighted by molar-refractivity contribution is -0.143. The highest BCUT2D eigenvalue weighted by molar-refractivity contribution is 6.11. The van der Waals surface area contributed by atoms with Crippen molar-refractivity contribution in [1.82, 2.24) is 9.80 Å². The summed E-state index contributed by atoms with van der Waals surface area (Å²) < 4.78 is 5.21. The summed E-state index contributed by atoms with van der Waals surface area (Å²) in [4.78, 5) is 42.0. The molecule has 1 aromatic carbocycles. The van der Waals surface area contributed by atoms with Gasteiger partial charge in [-0.3, -0.25) is 19.3 Å². The van der Waals surface area contributed by atoms with Crippen LogP contribution in [-0.4, -0.2) is 54.3 Å². The fourth-order valence-electron chi connectivity index (χ4n) is 3.75. The smallest absolute Gasteiger partial charge is 0.241 e. The molecular weight excluding hydrogens is 344 g/mol. The zero-order valence-corrected chi connectivity index (χ0v) is 16.4. The van der Waals surface area contributed by atoms with E-state index < -0.39 is 5.41 Å². The molecule has 1 aliphatic carbocycles. The number of rotatable bonds is 8. The molecule has 3 amide bonds. The molecule has 0 N–H and O–H groups in total. The van der Waals surface area contributed by atoms with Gasteiger partial charge in [0.15, 0.2) is 0 Å². The first-order valence-corrected chi connectivity index (χ1v) is 9.68. The first-order chi connectivity index (χ1) is 12.9. The zero-order valence-electron chi connectivity index (χ0n) is 16.4. The number of ether oxygens (including phenoxy) is 1. The SMILES string of the molecule is CCCCN(C)C(=O)CC1(c2ccc(OC)cc2)CC(=O)N(C2CC2)C1=O. The fourth-order valence-corrected chi connectivity index (χ4v) is 3.75. The molecule has 6 nitrogen and oxygen atoms in total. The van der Waals surface area contributed by atoms with E-state index in [0.717, 1.165) is 25.7 Å². The number of unbranched alkanes of at least 4 members (excludes halogenated alkanes) is 1. The second-order valence-corrected chi connectivity index (χ2v) is 7.63. The van der Waals surface area contributed by atoms with Gasteiger partial charge < -0.3 is 9.64 Å². The molecule has 0 spiro atoms. The van der Waals surface area contributed by atoms with Crippen LogP contribution in [0.15, 0.2) is 24.3 Å². The third kappa shape index (κ3) is 3.70. The van der Waals surface area contributed by atoms with Crippen LogP contribution in [0.4, 0.5) is 0 Å². The largest absolute Gasteiger partial charge is 0.497 e. The van der Waals surface area contributed by atoms with E-state index in [1.807, 2.05) is 0 Å². The van der Waals surface area contributed by atoms with Gasteiger partial charge in [0, 0.05) is 32.5 Å². The molecule has 1 saturated heterocycles. The second kappa shape index (κ2) is 7.71. The summed E-state index contributed by atoms with van der Waals surface area (Å²) in [5, 5.41) is 0. The Morgan fingerprint density at radius 1 is 1.26 bits per heavy atom. The minimum absolute atomic E-state index is 0.0121. The normalized spacial score (nSPS) is 22.3. The van der Waals surface area contributed by atoms with Crippen LogP contribution >= 0.6 is 0 Å². The number of carbonyl (C=O) groups is 3. The van der Waals surface area contributed by atoms with E-state index in [0.29, 0.717) is 17.9 Å². The van der Waals surface area contributed by atoms with Gasteiger partial charge in [0.25, 0.3) is 0 Å². The number of hydrogen-bond donors (Lipinski definition) is 0. The lowest BCUT2D eigenvalue weighted by Gasteiger charge is -2.29. The molecule has 1 aliphatic heterocycles. The summed E-state index contributed by atoms with van der Waals surface area (Å²) in [7, 11) is 3.34. The van der Waals surface area contributed by atoms with E-state index in [2.05, 4.69) is 6.92 Å². The molecular formula is C21H28N2O4. The van der Waals surface area contributed by atoms with Gasteiger partial charge in [0.05, 0.1) is 12.5 Å². The number of imide groups is 1. The average molecular weight is 372 g/mol. The summed E-state index contributed by atoms with van der Waals surface area (Å²) in [5.41, 5.74) is -0.397. The Kier molecular flexibility index (Phi) is 5.53. The molecule has 2 aliphatic rings. The van der Waals surface area contributed by atoms with E-state index in [1.165, 1.54) is 4.90 Å². The molecule has 0 aromatic heterocycles. The molecule has 1 unspecified atom stereocenters. The molecule has 1 saturated carbocycles. The number of nitrogens with zero attached hydrogens (tertiary/aromatic N) is 2. The zero-order chi connectivity index (χ0) is 19.6. The van der Waals surface area contributed by atoms with Crippen molar-refractivity contribution in [2.45, 2.75) is 56.9 Å². The third-order valence-electron chi connectivity index (χ3n) is 5.63. The summed E-state index contributed by atoms with van der Waals surface area (Å²) in [6, 6.07) is 7.18. The molecule has 1 atom stereocenters. The Balaban J connectivity index is 1.92. The number of methoxy groups -OCH3 is 1. The van der Waals surface area contributed by atoms with Gasteiger partial charge in [-0.2, -0.15) is 0 Å². The van der Waals surface area contributed by atoms with Gasteiger partial charge in [-0.25, -0.2) is 0 Å². The van der Waals surface area contributed by atoms with Crippen LogP contribution in [0.1, 0.15) is 51.0 Å². The molecule has 1 heterocycles. The Morgan fingerprint density at radius 3 is 2.48 bits per heavy atom. The van der Waals surface area contributed by atoms with Crippen molar-refractivity contribution >= 4 is 17.7 Å². The van der Waals surface area contributed by atoms with Crippen LogP contribution in [0.5, 0.6) is 5.75 Å². The molecule has 27 heavy (non-hydrogen) atoms. The molecule has 2 fully saturated rings. The van der Waals surface area contributed by atoms with Crippen molar-refractivity contribution < 1.29 is 19.1 Å². The van der Waals surface area contributed by atoms with Crippen molar-refractivity contribution in [1.29, 1.82) is 0 Å². The van der Waals surface area contributed by atoms with E-state index in [9.17, 15) is 14.4 Å². The summed E-state index contributed by atoms with van der Waals surface area (Å²) in [6.07, 6.45) is 3.71. The highest BCUT2D eigenvalue weighted by atomic mass is 16.5. The molecule has 1 aromatic rings. The van der Waals surface area contributed by atoms with Crippen LogP contribution < -0.4 is 4.74 Å². The predicted molar refractivity (Wildman–Crippen MR) is 101 cm³/mol. The lowest BCUT2D eigenvalue weighted by Crippen LogP contribution is -2.43. The maximum atomic E-state index is 13.3. The highest BCUT2D eigenvalue weighted by Crippen LogP contribution is 2.44. The van der Waals surface area contributed by atoms with Crippen LogP contribution in [0.3, 0.4) is 0 Å². The van der Waals surface area contributed by atoms with Gasteiger partial charge in [0.2, 0.25) is 17.7 Å². The fraction of sp³-hybridized carbons (Fsp3) is 0.571. The van der Waals surface area contributed by atoms with Crippen LogP contribution in [0, 0.1) is 0 Å². The first kappa shape index (κ1) is 19.4. The van der Waals surface area contributed by atoms with Gasteiger partial charge in [-0.05, 0) is 37.0 Å². The van der Waals surface area contributed by atoms with E-state index >= 15 is 0 Å². The highest BCUT2D eigenvalue weighted by Gasteiger charge is 2.57. The molecule has 3 rings (SSSR count). The Hall–Kier alpha value is -2.37. The summed E-state index contributed by atoms with van der Waals surface area (Å²) in [5.74, 6) is 0.189. The monoisotopic (exact) mass is 372 g/mol. The Morgan fingerprint density at radius 2 is 1.93 bits per heavy atom. The molecule has 146 valence electrons. The van der Waals surface area contributed by atoms with E-state index in [1.54, 1.807) is 43.3 Å². The van der Waals surface area contributed by atoms with Gasteiger partial charge in [-0.15, -0.1) is 0 Å². The quantitative estimate of drug-likeness (QED) is 0.658. The van der Waals surface area contributed by atoms with Gasteiger partial charge in [0.1, 0.15) is 5.75 Å². The van der Waals surface area contributed by atoms with Crippen molar-refractivity contribution in [2.75, 3.05) is 20.7 Å². The Bertz CT molecular complexity index is 726. The minimum atomic E-state index is -1.11. The third-order valence-corrected chi connectivity index (χ3v) is 5.63. The average Bonchev–Trinajstić information content (AvgIpc) is 3.46. The Labute approximate surface area is 160 Å². The van der Waals surface area contributed by atoms with Crippen LogP contribution in [0.25, 0.3) is 0 Å². The van der Waals surface area contributed by atoms with Crippen molar-refractivity contribution in [3.63, 3.8) is 0 Å². The van der Waals surface area contributed by atoms with Gasteiger partial charge >= 0.3 is 0 Å². The number of benzene rings is 1. The first-order valence-electron chi connectivity index (χ1n) is 9.68. The summed E-state index contributed by atoms with van der Waals surface area (Å²) >= 11 is 0. The van der Waals surface area contributed by atoms with Crippen LogP contribution in [-0.2, 0) is 19.8 Å². The van der Waals surface area contributed by atoms with Crippen molar-refractivity contribution in [3.05, 3.63) is 29.8 Å². The second-order valence-electron chi connectivity index (χ2n) is 7.63. The maximum Gasteiger partial charge on any atom is 0.241 e. The number of likely N-dealkylation sites (tertiary alicyclic amines) is 1. The number of carbonyl (C=O) groups excluding carboxylic acids is 3. The van der Waals surface area contributed by atoms with Gasteiger partial charge in [-0.1, -0.05) is 25.5 Å². The lowest BCUT2D eigenvalue weighted by atomic mass is 9.75. The summed E-state index contributed by atoms with van der Waals surface area (Å²) in [6.45, 7) is 2.73. The minimum Gasteiger partial charge on any atom is -0.497 e. The molecule has 0 radical (unpaired) electrons. The predicted octanol–water partition coefficient (Wildman–Crippen LogP) is 2.50. The molecule has 6 heteroatoms. The van der Waals surface area contributed by atoms with Crippen molar-refractivity contribution in [2.24, 2.45) is 0 Å². The van der Waals surface area contributed by atoms with Crippen molar-refractivity contribution in [3.8, 4) is 5.75 Å². The standard InChI is InChI=1S/C21H28N2O4/c1-4-5-12-22(2)18(24)13-21(15-6-10-17(27-3)11-7-15)14-19(25)23(20(21)26)16-8-9-16/h6-7,10-11,16H,4-5,8-9,12-14H2,1-3H3. The number of hydrogen-bond acceptors (Lipinski definition) is 4. The topological polar surface area (TPSA) is 66.9 Å². The van der Waals surface area contributed by atoms with E-state index in [-0.39, 0.29) is 36.6 Å².